The normalized spacial score (nSPS) is 20.1. The van der Waals surface area contributed by atoms with Crippen molar-refractivity contribution in [3.05, 3.63) is 54.2 Å². The van der Waals surface area contributed by atoms with Crippen molar-refractivity contribution >= 4 is 23.9 Å². The molecule has 264 valence electrons. The van der Waals surface area contributed by atoms with Gasteiger partial charge in [-0.2, -0.15) is 39.5 Å². The molecule has 47 heavy (non-hydrogen) atoms. The molecular formula is C26H28F9N3O9. The third kappa shape index (κ3) is 13.9. The van der Waals surface area contributed by atoms with Gasteiger partial charge in [0.05, 0.1) is 17.9 Å². The van der Waals surface area contributed by atoms with Gasteiger partial charge in [0.2, 0.25) is 0 Å². The molecule has 4 heterocycles. The van der Waals surface area contributed by atoms with E-state index in [1.807, 2.05) is 30.6 Å². The zero-order chi connectivity index (χ0) is 36.2. The quantitative estimate of drug-likeness (QED) is 0.325. The Bertz CT molecular complexity index is 1250. The molecule has 0 bridgehead atoms. The molecule has 0 spiro atoms. The van der Waals surface area contributed by atoms with E-state index in [1.54, 1.807) is 12.5 Å². The monoisotopic (exact) mass is 697 g/mol. The molecule has 2 aliphatic rings. The van der Waals surface area contributed by atoms with E-state index in [-0.39, 0.29) is 5.92 Å². The maximum Gasteiger partial charge on any atom is 0.490 e. The Labute approximate surface area is 259 Å². The van der Waals surface area contributed by atoms with Crippen molar-refractivity contribution in [2.75, 3.05) is 26.2 Å². The van der Waals surface area contributed by atoms with Crippen molar-refractivity contribution in [1.29, 1.82) is 0 Å². The number of aliphatic carboxylic acids is 4. The fourth-order valence-electron chi connectivity index (χ4n) is 4.62. The van der Waals surface area contributed by atoms with Crippen LogP contribution in [0.15, 0.2) is 47.5 Å². The van der Waals surface area contributed by atoms with E-state index < -0.39 is 47.8 Å². The van der Waals surface area contributed by atoms with E-state index in [0.29, 0.717) is 6.54 Å². The number of rotatable bonds is 5. The van der Waals surface area contributed by atoms with Gasteiger partial charge in [-0.15, -0.1) is 0 Å². The number of hydrogen-bond acceptors (Lipinski definition) is 8. The Morgan fingerprint density at radius 3 is 1.62 bits per heavy atom. The van der Waals surface area contributed by atoms with Crippen molar-refractivity contribution in [3.8, 4) is 0 Å². The highest BCUT2D eigenvalue weighted by Crippen LogP contribution is 2.43. The molecule has 2 aromatic rings. The summed E-state index contributed by atoms with van der Waals surface area (Å²) in [4.78, 5) is 47.7. The van der Waals surface area contributed by atoms with Crippen LogP contribution < -0.4 is 0 Å². The Kier molecular flexibility index (Phi) is 14.7. The van der Waals surface area contributed by atoms with Crippen LogP contribution in [-0.2, 0) is 32.3 Å². The van der Waals surface area contributed by atoms with Crippen molar-refractivity contribution in [2.24, 2.45) is 11.3 Å². The van der Waals surface area contributed by atoms with Gasteiger partial charge in [-0.05, 0) is 43.1 Å². The predicted molar refractivity (Wildman–Crippen MR) is 137 cm³/mol. The van der Waals surface area contributed by atoms with Gasteiger partial charge in [0.25, 0.3) is 0 Å². The van der Waals surface area contributed by atoms with Crippen LogP contribution in [-0.4, -0.2) is 104 Å². The molecule has 0 aromatic carbocycles. The number of hydrogen-bond donors (Lipinski definition) is 4. The number of aromatic nitrogens is 1. The van der Waals surface area contributed by atoms with Gasteiger partial charge in [0.15, 0.2) is 0 Å². The molecule has 0 amide bonds. The second kappa shape index (κ2) is 17.0. The van der Waals surface area contributed by atoms with Crippen molar-refractivity contribution < 1.29 is 83.5 Å². The maximum atomic E-state index is 12.3. The van der Waals surface area contributed by atoms with Crippen LogP contribution in [0.2, 0.25) is 0 Å². The van der Waals surface area contributed by atoms with Gasteiger partial charge < -0.3 is 24.8 Å². The maximum absolute atomic E-state index is 12.3. The average Bonchev–Trinajstić information content (AvgIpc) is 3.53. The summed E-state index contributed by atoms with van der Waals surface area (Å²) in [5.74, 6) is -8.76. The number of pyridine rings is 1. The molecule has 0 unspecified atom stereocenters. The number of carboxylic acid groups (broad SMARTS) is 4. The third-order valence-corrected chi connectivity index (χ3v) is 6.64. The zero-order valence-corrected chi connectivity index (χ0v) is 23.8. The van der Waals surface area contributed by atoms with Crippen molar-refractivity contribution in [1.82, 2.24) is 14.8 Å². The highest BCUT2D eigenvalue weighted by Gasteiger charge is 2.53. The summed E-state index contributed by atoms with van der Waals surface area (Å²) >= 11 is 0. The lowest BCUT2D eigenvalue weighted by atomic mass is 9.75. The van der Waals surface area contributed by atoms with Crippen LogP contribution >= 0.6 is 0 Å². The first kappa shape index (κ1) is 40.6. The van der Waals surface area contributed by atoms with E-state index in [9.17, 15) is 49.4 Å². The van der Waals surface area contributed by atoms with Crippen LogP contribution in [0, 0.1) is 11.3 Å². The topological polar surface area (TPSA) is 182 Å². The first-order valence-electron chi connectivity index (χ1n) is 13.0. The summed E-state index contributed by atoms with van der Waals surface area (Å²) in [5, 5.41) is 31.4. The van der Waals surface area contributed by atoms with Gasteiger partial charge in [0.1, 0.15) is 0 Å². The molecular weight excluding hydrogens is 669 g/mol. The molecule has 21 heteroatoms. The lowest BCUT2D eigenvalue weighted by Gasteiger charge is -2.29. The Hall–Kier alpha value is -4.40. The van der Waals surface area contributed by atoms with E-state index in [1.165, 1.54) is 5.56 Å². The smallest absolute Gasteiger partial charge is 0.481 e. The first-order valence-corrected chi connectivity index (χ1v) is 13.0. The molecule has 2 fully saturated rings. The first-order chi connectivity index (χ1) is 21.5. The summed E-state index contributed by atoms with van der Waals surface area (Å²) in [7, 11) is 0. The molecule has 12 nitrogen and oxygen atoms in total. The lowest BCUT2D eigenvalue weighted by Crippen LogP contribution is -2.41. The highest BCUT2D eigenvalue weighted by atomic mass is 19.4. The number of furan rings is 1. The van der Waals surface area contributed by atoms with Gasteiger partial charge in [-0.1, -0.05) is 0 Å². The molecule has 2 aliphatic heterocycles. The molecule has 2 atom stereocenters. The molecule has 2 saturated heterocycles. The Morgan fingerprint density at radius 1 is 0.766 bits per heavy atom. The minimum Gasteiger partial charge on any atom is -0.481 e. The number of carboxylic acids is 4. The van der Waals surface area contributed by atoms with Crippen LogP contribution in [0.3, 0.4) is 0 Å². The minimum absolute atomic E-state index is 0.149. The third-order valence-electron chi connectivity index (χ3n) is 6.64. The number of fused-ring (bicyclic) bond motifs is 1. The van der Waals surface area contributed by atoms with E-state index >= 15 is 0 Å². The second-order valence-electron chi connectivity index (χ2n) is 10.1. The molecule has 0 radical (unpaired) electrons. The summed E-state index contributed by atoms with van der Waals surface area (Å²) in [5.41, 5.74) is 1.71. The van der Waals surface area contributed by atoms with Gasteiger partial charge in [-0.25, -0.2) is 14.4 Å². The number of alkyl halides is 9. The summed E-state index contributed by atoms with van der Waals surface area (Å²) < 4.78 is 100. The predicted octanol–water partition coefficient (Wildman–Crippen LogP) is 4.37. The van der Waals surface area contributed by atoms with Crippen molar-refractivity contribution in [3.63, 3.8) is 0 Å². The second-order valence-corrected chi connectivity index (χ2v) is 10.1. The fraction of sp³-hybridized carbons (Fsp3) is 0.500. The summed E-state index contributed by atoms with van der Waals surface area (Å²) in [6.45, 7) is 4.85. The van der Waals surface area contributed by atoms with Crippen LogP contribution in [0.25, 0.3) is 0 Å². The highest BCUT2D eigenvalue weighted by molar-refractivity contribution is 5.76. The number of likely N-dealkylation sites (tertiary alicyclic amines) is 2. The van der Waals surface area contributed by atoms with Gasteiger partial charge >= 0.3 is 42.4 Å². The number of halogens is 9. The lowest BCUT2D eigenvalue weighted by molar-refractivity contribution is -0.193. The SMILES string of the molecule is O=C(O)C(F)(F)F.O=C(O)C(F)(F)F.O=C(O)C(F)(F)F.O=C(O)[C@]12CCCN(Cc3ccncc3)C[C@H]1CN(Cc1ccoc1)C2. The minimum atomic E-state index is -5.08. The standard InChI is InChI=1S/C20H25N3O3.3C2HF3O2/c24-19(25)20-5-1-8-22(10-16-2-6-21-7-3-16)12-18(20)13-23(15-20)11-17-4-9-26-14-17;3*3-2(4,5)1(6)7/h2-4,6-7,9,14,18H,1,5,8,10-13,15H2,(H,24,25);3*(H,6,7)/t18-,20-;;;/m0.../s1. The molecule has 0 saturated carbocycles. The molecule has 2 aromatic heterocycles. The van der Waals surface area contributed by atoms with Crippen LogP contribution in [0.4, 0.5) is 39.5 Å². The van der Waals surface area contributed by atoms with E-state index in [2.05, 4.69) is 14.8 Å². The Morgan fingerprint density at radius 2 is 1.21 bits per heavy atom. The van der Waals surface area contributed by atoms with Gasteiger partial charge in [0, 0.05) is 56.6 Å². The van der Waals surface area contributed by atoms with Crippen molar-refractivity contribution in [2.45, 2.75) is 44.5 Å². The number of carbonyl (C=O) groups is 4. The fourth-order valence-corrected chi connectivity index (χ4v) is 4.62. The number of nitrogens with zero attached hydrogens (tertiary/aromatic N) is 3. The van der Waals surface area contributed by atoms with E-state index in [4.69, 9.17) is 34.1 Å². The zero-order valence-electron chi connectivity index (χ0n) is 23.8. The van der Waals surface area contributed by atoms with Gasteiger partial charge in [-0.3, -0.25) is 19.6 Å². The average molecular weight is 698 g/mol. The Balaban J connectivity index is 0.000000430. The summed E-state index contributed by atoms with van der Waals surface area (Å²) in [6, 6.07) is 6.03. The van der Waals surface area contributed by atoms with E-state index in [0.717, 1.165) is 51.1 Å². The van der Waals surface area contributed by atoms with Crippen LogP contribution in [0.1, 0.15) is 24.0 Å². The molecule has 4 rings (SSSR count). The summed E-state index contributed by atoms with van der Waals surface area (Å²) in [6.07, 6.45) is -6.52. The molecule has 0 aliphatic carbocycles. The van der Waals surface area contributed by atoms with Crippen LogP contribution in [0.5, 0.6) is 0 Å². The largest absolute Gasteiger partial charge is 0.490 e. The molecule has 4 N–H and O–H groups in total.